The molecule has 1 fully saturated rings. The van der Waals surface area contributed by atoms with Crippen molar-refractivity contribution in [2.45, 2.75) is 44.5 Å². The molecule has 0 bridgehead atoms. The number of anilines is 1. The van der Waals surface area contributed by atoms with Gasteiger partial charge in [-0.1, -0.05) is 43.1 Å². The molecule has 1 unspecified atom stereocenters. The van der Waals surface area contributed by atoms with Crippen LogP contribution in [0.5, 0.6) is 0 Å². The van der Waals surface area contributed by atoms with Crippen molar-refractivity contribution >= 4 is 40.7 Å². The lowest BCUT2D eigenvalue weighted by Crippen LogP contribution is -2.52. The van der Waals surface area contributed by atoms with E-state index < -0.39 is 46.3 Å². The van der Waals surface area contributed by atoms with Crippen molar-refractivity contribution in [3.05, 3.63) is 62.6 Å². The van der Waals surface area contributed by atoms with Gasteiger partial charge in [0.1, 0.15) is 0 Å². The summed E-state index contributed by atoms with van der Waals surface area (Å²) in [4.78, 5) is 29.2. The largest absolute Gasteiger partial charge is 0.416 e. The second-order valence-electron chi connectivity index (χ2n) is 9.27. The molecule has 6 nitrogen and oxygen atoms in total. The fraction of sp³-hybridized carbons (Fsp3) is 0.440. The predicted molar refractivity (Wildman–Crippen MR) is 131 cm³/mol. The molecule has 2 amide bonds. The van der Waals surface area contributed by atoms with E-state index in [1.807, 2.05) is 13.8 Å². The molecule has 3 N–H and O–H groups in total. The quantitative estimate of drug-likeness (QED) is 0.524. The highest BCUT2D eigenvalue weighted by Gasteiger charge is 2.59. The molecule has 2 aliphatic rings. The van der Waals surface area contributed by atoms with Gasteiger partial charge in [0, 0.05) is 39.3 Å². The van der Waals surface area contributed by atoms with Crippen LogP contribution < -0.4 is 10.6 Å². The van der Waals surface area contributed by atoms with Crippen LogP contribution in [0.3, 0.4) is 0 Å². The van der Waals surface area contributed by atoms with Crippen LogP contribution in [-0.2, 0) is 16.6 Å². The second-order valence-corrected chi connectivity index (χ2v) is 10.1. The highest BCUT2D eigenvalue weighted by atomic mass is 35.5. The van der Waals surface area contributed by atoms with Crippen molar-refractivity contribution in [1.29, 1.82) is 0 Å². The van der Waals surface area contributed by atoms with Gasteiger partial charge in [-0.05, 0) is 56.1 Å². The van der Waals surface area contributed by atoms with Crippen LogP contribution in [0.1, 0.15) is 53.7 Å². The lowest BCUT2D eigenvalue weighted by molar-refractivity contribution is -0.142. The Labute approximate surface area is 216 Å². The fourth-order valence-corrected chi connectivity index (χ4v) is 5.80. The van der Waals surface area contributed by atoms with Crippen molar-refractivity contribution in [1.82, 2.24) is 4.90 Å². The normalized spacial score (nSPS) is 23.7. The van der Waals surface area contributed by atoms with Gasteiger partial charge in [0.2, 0.25) is 5.91 Å². The Morgan fingerprint density at radius 2 is 1.83 bits per heavy atom. The van der Waals surface area contributed by atoms with Gasteiger partial charge in [-0.15, -0.1) is 0 Å². The Bertz CT molecular complexity index is 1210. The van der Waals surface area contributed by atoms with Crippen LogP contribution in [-0.4, -0.2) is 47.5 Å². The second kappa shape index (κ2) is 9.52. The molecule has 2 aromatic carbocycles. The monoisotopic (exact) mass is 543 g/mol. The van der Waals surface area contributed by atoms with Crippen LogP contribution in [0.2, 0.25) is 10.0 Å². The third-order valence-electron chi connectivity index (χ3n) is 7.16. The molecular formula is C25H26Cl2F3N3O3. The molecule has 194 valence electrons. The van der Waals surface area contributed by atoms with Gasteiger partial charge in [-0.2, -0.15) is 13.2 Å². The molecule has 1 saturated carbocycles. The molecule has 1 atom stereocenters. The van der Waals surface area contributed by atoms with Gasteiger partial charge in [-0.25, -0.2) is 0 Å². The Morgan fingerprint density at radius 3 is 2.36 bits per heavy atom. The van der Waals surface area contributed by atoms with Gasteiger partial charge < -0.3 is 20.6 Å². The lowest BCUT2D eigenvalue weighted by Gasteiger charge is -2.43. The minimum atomic E-state index is -5.00. The summed E-state index contributed by atoms with van der Waals surface area (Å²) in [6.07, 6.45) is -3.92. The van der Waals surface area contributed by atoms with E-state index in [0.717, 1.165) is 25.7 Å². The first-order chi connectivity index (χ1) is 16.8. The molecule has 2 aromatic rings. The maximum atomic E-state index is 14.3. The first kappa shape index (κ1) is 26.7. The molecular weight excluding hydrogens is 518 g/mol. The number of rotatable bonds is 7. The summed E-state index contributed by atoms with van der Waals surface area (Å²) in [5, 5.41) is 11.8. The van der Waals surface area contributed by atoms with E-state index in [-0.39, 0.29) is 27.2 Å². The Morgan fingerprint density at radius 1 is 1.19 bits per heavy atom. The SMILES string of the molecule is CCN(CC)C[C@H]1C[C@H](N2C(=O)C(O)(c3ccc(Cl)cc3Cl)c3c2cc(C(N)=O)cc3C(F)(F)F)C1. The minimum Gasteiger partial charge on any atom is -0.372 e. The maximum Gasteiger partial charge on any atom is 0.416 e. The summed E-state index contributed by atoms with van der Waals surface area (Å²) in [6.45, 7) is 6.59. The van der Waals surface area contributed by atoms with E-state index in [9.17, 15) is 27.9 Å². The summed E-state index contributed by atoms with van der Waals surface area (Å²) in [7, 11) is 0. The summed E-state index contributed by atoms with van der Waals surface area (Å²) in [5.74, 6) is -1.80. The number of hydrogen-bond donors (Lipinski definition) is 2. The molecule has 0 saturated heterocycles. The number of alkyl halides is 3. The van der Waals surface area contributed by atoms with Gasteiger partial charge in [-0.3, -0.25) is 9.59 Å². The molecule has 11 heteroatoms. The minimum absolute atomic E-state index is 0.161. The standard InChI is InChI=1S/C25H26Cl2F3N3O3/c1-3-32(4-2)12-13-7-16(8-13)33-20-10-14(22(31)34)9-18(25(28,29)30)21(20)24(36,23(33)35)17-6-5-15(26)11-19(17)27/h5-6,9-11,13,16,36H,3-4,7-8,12H2,1-2H3,(H2,31,34)/t13-,16-,24?. The Hall–Kier alpha value is -2.33. The predicted octanol–water partition coefficient (Wildman–Crippen LogP) is 4.81. The van der Waals surface area contributed by atoms with Crippen LogP contribution in [0.4, 0.5) is 18.9 Å². The smallest absolute Gasteiger partial charge is 0.372 e. The number of carbonyl (C=O) groups excluding carboxylic acids is 2. The number of aliphatic hydroxyl groups is 1. The highest BCUT2D eigenvalue weighted by molar-refractivity contribution is 6.35. The number of primary amides is 1. The number of benzene rings is 2. The van der Waals surface area contributed by atoms with E-state index in [0.29, 0.717) is 18.9 Å². The molecule has 1 aliphatic heterocycles. The van der Waals surface area contributed by atoms with Crippen molar-refractivity contribution < 1.29 is 27.9 Å². The van der Waals surface area contributed by atoms with Gasteiger partial charge in [0.05, 0.1) is 11.3 Å². The number of fused-ring (bicyclic) bond motifs is 1. The van der Waals surface area contributed by atoms with E-state index >= 15 is 0 Å². The van der Waals surface area contributed by atoms with Crippen LogP contribution >= 0.6 is 23.2 Å². The number of carbonyl (C=O) groups is 2. The topological polar surface area (TPSA) is 86.9 Å². The summed E-state index contributed by atoms with van der Waals surface area (Å²) in [5.41, 5.74) is -0.213. The molecule has 1 heterocycles. The van der Waals surface area contributed by atoms with Crippen LogP contribution in [0, 0.1) is 5.92 Å². The molecule has 0 aromatic heterocycles. The fourth-order valence-electron chi connectivity index (χ4n) is 5.26. The highest BCUT2D eigenvalue weighted by Crippen LogP contribution is 2.54. The maximum absolute atomic E-state index is 14.3. The summed E-state index contributed by atoms with van der Waals surface area (Å²) < 4.78 is 42.9. The van der Waals surface area contributed by atoms with Crippen molar-refractivity contribution in [3.8, 4) is 0 Å². The van der Waals surface area contributed by atoms with Crippen LogP contribution in [0.15, 0.2) is 30.3 Å². The zero-order valence-corrected chi connectivity index (χ0v) is 21.2. The van der Waals surface area contributed by atoms with E-state index in [1.54, 1.807) is 0 Å². The Balaban J connectivity index is 1.88. The van der Waals surface area contributed by atoms with Gasteiger partial charge >= 0.3 is 6.18 Å². The molecule has 4 rings (SSSR count). The van der Waals surface area contributed by atoms with Gasteiger partial charge in [0.25, 0.3) is 5.91 Å². The number of amides is 2. The van der Waals surface area contributed by atoms with E-state index in [2.05, 4.69) is 4.90 Å². The first-order valence-corrected chi connectivity index (χ1v) is 12.4. The third kappa shape index (κ3) is 4.36. The number of nitrogens with zero attached hydrogens (tertiary/aromatic N) is 2. The van der Waals surface area contributed by atoms with Crippen molar-refractivity contribution in [3.63, 3.8) is 0 Å². The Kier molecular flexibility index (Phi) is 7.07. The van der Waals surface area contributed by atoms with E-state index in [1.165, 1.54) is 23.1 Å². The molecule has 0 spiro atoms. The van der Waals surface area contributed by atoms with Crippen molar-refractivity contribution in [2.75, 3.05) is 24.5 Å². The lowest BCUT2D eigenvalue weighted by atomic mass is 9.78. The molecule has 1 aliphatic carbocycles. The van der Waals surface area contributed by atoms with E-state index in [4.69, 9.17) is 28.9 Å². The summed E-state index contributed by atoms with van der Waals surface area (Å²) >= 11 is 12.3. The third-order valence-corrected chi connectivity index (χ3v) is 7.71. The molecule has 0 radical (unpaired) electrons. The average Bonchev–Trinajstić information content (AvgIpc) is 2.99. The zero-order valence-electron chi connectivity index (χ0n) is 19.7. The van der Waals surface area contributed by atoms with Gasteiger partial charge in [0.15, 0.2) is 5.60 Å². The number of halogens is 5. The number of hydrogen-bond acceptors (Lipinski definition) is 4. The first-order valence-electron chi connectivity index (χ1n) is 11.6. The summed E-state index contributed by atoms with van der Waals surface area (Å²) in [6, 6.07) is 5.08. The van der Waals surface area contributed by atoms with Crippen LogP contribution in [0.25, 0.3) is 0 Å². The zero-order chi connectivity index (χ0) is 26.6. The average molecular weight is 544 g/mol. The number of nitrogens with two attached hydrogens (primary N) is 1. The van der Waals surface area contributed by atoms with Crippen molar-refractivity contribution in [2.24, 2.45) is 11.7 Å². The molecule has 36 heavy (non-hydrogen) atoms.